The molecule has 104 valence electrons. The number of hydrogen-bond acceptors (Lipinski definition) is 3. The number of anilines is 1. The quantitative estimate of drug-likeness (QED) is 0.841. The molecule has 2 rings (SSSR count). The number of nitrogens with one attached hydrogen (secondary N) is 1. The second-order valence-electron chi connectivity index (χ2n) is 4.23. The van der Waals surface area contributed by atoms with E-state index in [2.05, 4.69) is 5.32 Å². The van der Waals surface area contributed by atoms with Gasteiger partial charge in [0, 0.05) is 17.7 Å². The molecule has 2 aromatic rings. The molecule has 0 saturated heterocycles. The zero-order valence-corrected chi connectivity index (χ0v) is 11.0. The lowest BCUT2D eigenvalue weighted by Gasteiger charge is -2.09. The molecule has 0 unspecified atom stereocenters. The van der Waals surface area contributed by atoms with Gasteiger partial charge in [0.05, 0.1) is 12.8 Å². The summed E-state index contributed by atoms with van der Waals surface area (Å²) in [6, 6.07) is 11.0. The van der Waals surface area contributed by atoms with Gasteiger partial charge in [0.15, 0.2) is 0 Å². The summed E-state index contributed by atoms with van der Waals surface area (Å²) < 4.78 is 18.5. The molecule has 0 spiro atoms. The fourth-order valence-corrected chi connectivity index (χ4v) is 1.77. The first-order valence-electron chi connectivity index (χ1n) is 6.07. The molecule has 0 aliphatic carbocycles. The van der Waals surface area contributed by atoms with Crippen molar-refractivity contribution in [1.82, 2.24) is 5.32 Å². The number of hydrogen-bond donors (Lipinski definition) is 2. The van der Waals surface area contributed by atoms with Crippen LogP contribution < -0.4 is 15.8 Å². The van der Waals surface area contributed by atoms with Crippen molar-refractivity contribution in [2.75, 3.05) is 12.8 Å². The Balaban J connectivity index is 2.07. The van der Waals surface area contributed by atoms with Crippen molar-refractivity contribution in [2.24, 2.45) is 0 Å². The van der Waals surface area contributed by atoms with Crippen LogP contribution in [0.5, 0.6) is 5.75 Å². The largest absolute Gasteiger partial charge is 0.495 e. The van der Waals surface area contributed by atoms with Crippen molar-refractivity contribution in [3.8, 4) is 5.75 Å². The molecule has 0 aromatic heterocycles. The summed E-state index contributed by atoms with van der Waals surface area (Å²) in [5.41, 5.74) is 6.98. The number of methoxy groups -OCH3 is 1. The number of carbonyl (C=O) groups excluding carboxylic acids is 1. The standard InChI is InChI=1S/C15H15FN2O2/c1-20-14-8-10(6-7-13(14)17)15(19)18-9-11-4-2-3-5-12(11)16/h2-8H,9,17H2,1H3,(H,18,19). The van der Waals surface area contributed by atoms with Gasteiger partial charge in [0.1, 0.15) is 11.6 Å². The number of benzene rings is 2. The van der Waals surface area contributed by atoms with E-state index in [0.29, 0.717) is 22.6 Å². The average molecular weight is 274 g/mol. The molecule has 0 fully saturated rings. The summed E-state index contributed by atoms with van der Waals surface area (Å²) in [5.74, 6) is -0.224. The second kappa shape index (κ2) is 6.06. The Bertz CT molecular complexity index is 629. The number of amides is 1. The van der Waals surface area contributed by atoms with Crippen molar-refractivity contribution >= 4 is 11.6 Å². The van der Waals surface area contributed by atoms with Gasteiger partial charge in [-0.2, -0.15) is 0 Å². The van der Waals surface area contributed by atoms with Crippen molar-refractivity contribution in [3.05, 3.63) is 59.4 Å². The Hall–Kier alpha value is -2.56. The minimum atomic E-state index is -0.345. The molecular formula is C15H15FN2O2. The third kappa shape index (κ3) is 3.06. The third-order valence-electron chi connectivity index (χ3n) is 2.89. The number of nitrogens with two attached hydrogens (primary N) is 1. The Kier molecular flexibility index (Phi) is 4.20. The minimum absolute atomic E-state index is 0.123. The molecule has 3 N–H and O–H groups in total. The lowest BCUT2D eigenvalue weighted by Crippen LogP contribution is -2.23. The summed E-state index contributed by atoms with van der Waals surface area (Å²) in [7, 11) is 1.48. The van der Waals surface area contributed by atoms with Crippen LogP contribution in [0.25, 0.3) is 0 Å². The number of nitrogen functional groups attached to an aromatic ring is 1. The maximum Gasteiger partial charge on any atom is 0.251 e. The summed E-state index contributed by atoms with van der Waals surface area (Å²) in [6.07, 6.45) is 0. The molecule has 0 radical (unpaired) electrons. The van der Waals surface area contributed by atoms with Crippen LogP contribution in [0.3, 0.4) is 0 Å². The molecule has 4 nitrogen and oxygen atoms in total. The van der Waals surface area contributed by atoms with E-state index < -0.39 is 0 Å². The second-order valence-corrected chi connectivity index (χ2v) is 4.23. The average Bonchev–Trinajstić information content (AvgIpc) is 2.46. The van der Waals surface area contributed by atoms with E-state index in [1.165, 1.54) is 13.2 Å². The molecule has 2 aromatic carbocycles. The highest BCUT2D eigenvalue weighted by molar-refractivity contribution is 5.95. The van der Waals surface area contributed by atoms with Gasteiger partial charge in [-0.1, -0.05) is 18.2 Å². The van der Waals surface area contributed by atoms with Gasteiger partial charge in [-0.15, -0.1) is 0 Å². The smallest absolute Gasteiger partial charge is 0.251 e. The van der Waals surface area contributed by atoms with Crippen LogP contribution >= 0.6 is 0 Å². The van der Waals surface area contributed by atoms with Crippen LogP contribution in [0.15, 0.2) is 42.5 Å². The molecule has 0 aliphatic heterocycles. The van der Waals surface area contributed by atoms with Gasteiger partial charge in [-0.05, 0) is 24.3 Å². The monoisotopic (exact) mass is 274 g/mol. The highest BCUT2D eigenvalue weighted by atomic mass is 19.1. The van der Waals surface area contributed by atoms with Crippen molar-refractivity contribution in [2.45, 2.75) is 6.54 Å². The molecule has 0 heterocycles. The minimum Gasteiger partial charge on any atom is -0.495 e. The van der Waals surface area contributed by atoms with Crippen molar-refractivity contribution < 1.29 is 13.9 Å². The summed E-state index contributed by atoms with van der Waals surface area (Å²) in [5, 5.41) is 2.65. The first-order chi connectivity index (χ1) is 9.61. The van der Waals surface area contributed by atoms with Crippen LogP contribution in [0.1, 0.15) is 15.9 Å². The summed E-state index contributed by atoms with van der Waals surface area (Å²) in [4.78, 5) is 12.0. The fraction of sp³-hybridized carbons (Fsp3) is 0.133. The van der Waals surface area contributed by atoms with E-state index in [1.807, 2.05) is 0 Å². The normalized spacial score (nSPS) is 10.1. The van der Waals surface area contributed by atoms with Crippen molar-refractivity contribution in [1.29, 1.82) is 0 Å². The molecule has 0 aliphatic rings. The van der Waals surface area contributed by atoms with E-state index in [9.17, 15) is 9.18 Å². The van der Waals surface area contributed by atoms with E-state index in [4.69, 9.17) is 10.5 Å². The van der Waals surface area contributed by atoms with Crippen LogP contribution in [-0.4, -0.2) is 13.0 Å². The predicted octanol–water partition coefficient (Wildman–Crippen LogP) is 2.35. The van der Waals surface area contributed by atoms with Gasteiger partial charge >= 0.3 is 0 Å². The van der Waals surface area contributed by atoms with Gasteiger partial charge < -0.3 is 15.8 Å². The number of ether oxygens (including phenoxy) is 1. The van der Waals surface area contributed by atoms with Gasteiger partial charge in [0.25, 0.3) is 5.91 Å². The van der Waals surface area contributed by atoms with Crippen LogP contribution in [-0.2, 0) is 6.54 Å². The van der Waals surface area contributed by atoms with Gasteiger partial charge in [-0.25, -0.2) is 4.39 Å². The van der Waals surface area contributed by atoms with Crippen LogP contribution in [0.2, 0.25) is 0 Å². The first kappa shape index (κ1) is 13.9. The predicted molar refractivity (Wildman–Crippen MR) is 75.0 cm³/mol. The van der Waals surface area contributed by atoms with Crippen LogP contribution in [0.4, 0.5) is 10.1 Å². The zero-order chi connectivity index (χ0) is 14.5. The van der Waals surface area contributed by atoms with Crippen molar-refractivity contribution in [3.63, 3.8) is 0 Å². The fourth-order valence-electron chi connectivity index (χ4n) is 1.77. The zero-order valence-electron chi connectivity index (χ0n) is 11.0. The topological polar surface area (TPSA) is 64.3 Å². The maximum absolute atomic E-state index is 13.4. The van der Waals surface area contributed by atoms with E-state index in [-0.39, 0.29) is 18.3 Å². The Labute approximate surface area is 116 Å². The third-order valence-corrected chi connectivity index (χ3v) is 2.89. The Morgan fingerprint density at radius 2 is 2.05 bits per heavy atom. The lowest BCUT2D eigenvalue weighted by molar-refractivity contribution is 0.0950. The van der Waals surface area contributed by atoms with Gasteiger partial charge in [0.2, 0.25) is 0 Å². The highest BCUT2D eigenvalue weighted by Gasteiger charge is 2.09. The molecule has 0 bridgehead atoms. The Morgan fingerprint density at radius 3 is 2.75 bits per heavy atom. The summed E-state index contributed by atoms with van der Waals surface area (Å²) in [6.45, 7) is 0.123. The summed E-state index contributed by atoms with van der Waals surface area (Å²) >= 11 is 0. The number of halogens is 1. The molecule has 0 atom stereocenters. The number of carbonyl (C=O) groups is 1. The van der Waals surface area contributed by atoms with Crippen LogP contribution in [0, 0.1) is 5.82 Å². The molecule has 0 saturated carbocycles. The first-order valence-corrected chi connectivity index (χ1v) is 6.07. The maximum atomic E-state index is 13.4. The Morgan fingerprint density at radius 1 is 1.30 bits per heavy atom. The molecule has 20 heavy (non-hydrogen) atoms. The molecule has 1 amide bonds. The molecule has 5 heteroatoms. The van der Waals surface area contributed by atoms with E-state index >= 15 is 0 Å². The number of rotatable bonds is 4. The van der Waals surface area contributed by atoms with E-state index in [0.717, 1.165) is 0 Å². The highest BCUT2D eigenvalue weighted by Crippen LogP contribution is 2.22. The SMILES string of the molecule is COc1cc(C(=O)NCc2ccccc2F)ccc1N. The van der Waals surface area contributed by atoms with Gasteiger partial charge in [-0.3, -0.25) is 4.79 Å². The van der Waals surface area contributed by atoms with E-state index in [1.54, 1.807) is 36.4 Å². The molecular weight excluding hydrogens is 259 g/mol. The lowest BCUT2D eigenvalue weighted by atomic mass is 10.1.